The Morgan fingerprint density at radius 3 is 2.30 bits per heavy atom. The van der Waals surface area contributed by atoms with E-state index >= 15 is 0 Å². The second-order valence-corrected chi connectivity index (χ2v) is 13.0. The van der Waals surface area contributed by atoms with Gasteiger partial charge in [-0.2, -0.15) is 0 Å². The van der Waals surface area contributed by atoms with Crippen LogP contribution in [0.3, 0.4) is 0 Å². The van der Waals surface area contributed by atoms with Crippen molar-refractivity contribution in [2.45, 2.75) is 52.2 Å². The summed E-state index contributed by atoms with van der Waals surface area (Å²) in [5.74, 6) is -1.13. The quantitative estimate of drug-likeness (QED) is 0.192. The molecule has 0 unspecified atom stereocenters. The molecule has 13 heteroatoms. The number of benzene rings is 3. The zero-order valence-electron chi connectivity index (χ0n) is 24.3. The second kappa shape index (κ2) is 14.7. The fourth-order valence-corrected chi connectivity index (χ4v) is 5.77. The van der Waals surface area contributed by atoms with Crippen LogP contribution in [0.5, 0.6) is 0 Å². The number of nitro groups is 1. The number of aryl methyl sites for hydroxylation is 1. The van der Waals surface area contributed by atoms with Crippen LogP contribution in [-0.4, -0.2) is 54.9 Å². The Kier molecular flexibility index (Phi) is 11.5. The molecule has 0 aliphatic carbocycles. The van der Waals surface area contributed by atoms with Crippen LogP contribution < -0.4 is 9.62 Å². The zero-order chi connectivity index (χ0) is 31.9. The topological polar surface area (TPSA) is 130 Å². The molecule has 0 fully saturated rings. The third-order valence-electron chi connectivity index (χ3n) is 6.98. The summed E-state index contributed by atoms with van der Waals surface area (Å²) in [5.41, 5.74) is 1.33. The molecule has 0 aliphatic rings. The van der Waals surface area contributed by atoms with Gasteiger partial charge < -0.3 is 10.2 Å². The first kappa shape index (κ1) is 33.8. The number of amides is 2. The minimum absolute atomic E-state index is 0.0156. The highest BCUT2D eigenvalue weighted by Crippen LogP contribution is 2.29. The molecular formula is C30H34Cl2N4O6S. The number of carbonyl (C=O) groups is 2. The van der Waals surface area contributed by atoms with Gasteiger partial charge in [0.25, 0.3) is 5.69 Å². The van der Waals surface area contributed by atoms with E-state index in [1.807, 2.05) is 44.2 Å². The summed E-state index contributed by atoms with van der Waals surface area (Å²) in [4.78, 5) is 40.1. The number of sulfonamides is 1. The van der Waals surface area contributed by atoms with Gasteiger partial charge in [-0.1, -0.05) is 72.6 Å². The maximum atomic E-state index is 14.2. The highest BCUT2D eigenvalue weighted by molar-refractivity contribution is 7.92. The summed E-state index contributed by atoms with van der Waals surface area (Å²) in [6.45, 7) is 4.50. The van der Waals surface area contributed by atoms with E-state index < -0.39 is 39.3 Å². The number of non-ortho nitro benzene ring substituents is 1. The lowest BCUT2D eigenvalue weighted by Crippen LogP contribution is -2.54. The highest BCUT2D eigenvalue weighted by Gasteiger charge is 2.34. The van der Waals surface area contributed by atoms with Crippen molar-refractivity contribution in [3.05, 3.63) is 104 Å². The Morgan fingerprint density at radius 2 is 1.72 bits per heavy atom. The van der Waals surface area contributed by atoms with E-state index in [-0.39, 0.29) is 35.4 Å². The van der Waals surface area contributed by atoms with E-state index in [1.165, 1.54) is 23.1 Å². The number of nitrogens with zero attached hydrogens (tertiary/aromatic N) is 3. The molecule has 0 bridgehead atoms. The van der Waals surface area contributed by atoms with Gasteiger partial charge >= 0.3 is 0 Å². The molecule has 0 heterocycles. The summed E-state index contributed by atoms with van der Waals surface area (Å²) in [7, 11) is -4.11. The highest BCUT2D eigenvalue weighted by atomic mass is 35.5. The molecule has 1 N–H and O–H groups in total. The Morgan fingerprint density at radius 1 is 1.05 bits per heavy atom. The molecule has 0 saturated heterocycles. The number of hydrogen-bond acceptors (Lipinski definition) is 6. The molecule has 43 heavy (non-hydrogen) atoms. The molecule has 0 saturated carbocycles. The molecule has 230 valence electrons. The molecule has 0 aromatic heterocycles. The van der Waals surface area contributed by atoms with Crippen molar-refractivity contribution in [1.29, 1.82) is 0 Å². The molecule has 2 atom stereocenters. The fraction of sp³-hybridized carbons (Fsp3) is 0.333. The number of rotatable bonds is 13. The van der Waals surface area contributed by atoms with E-state index in [0.717, 1.165) is 22.2 Å². The molecule has 3 rings (SSSR count). The number of anilines is 1. The predicted octanol–water partition coefficient (Wildman–Crippen LogP) is 5.53. The van der Waals surface area contributed by atoms with Gasteiger partial charge in [0.2, 0.25) is 21.8 Å². The van der Waals surface area contributed by atoms with Crippen LogP contribution >= 0.6 is 23.2 Å². The fourth-order valence-electron chi connectivity index (χ4n) is 4.40. The minimum Gasteiger partial charge on any atom is -0.352 e. The maximum absolute atomic E-state index is 14.2. The second-order valence-electron chi connectivity index (χ2n) is 10.3. The van der Waals surface area contributed by atoms with E-state index in [1.54, 1.807) is 19.1 Å². The van der Waals surface area contributed by atoms with Crippen molar-refractivity contribution in [2.75, 3.05) is 17.1 Å². The SMILES string of the molecule is CC[C@@H](C)NC(=O)[C@H](Cc1ccccc1)N(Cc1ccc(Cl)cc1Cl)C(=O)CN(c1cc([N+](=O)[O-])ccc1C)S(C)(=O)=O. The Balaban J connectivity index is 2.14. The summed E-state index contributed by atoms with van der Waals surface area (Å²) in [6, 6.07) is 16.4. The van der Waals surface area contributed by atoms with Crippen LogP contribution in [0, 0.1) is 17.0 Å². The van der Waals surface area contributed by atoms with E-state index in [2.05, 4.69) is 5.32 Å². The first-order valence-electron chi connectivity index (χ1n) is 13.5. The van der Waals surface area contributed by atoms with Gasteiger partial charge in [-0.15, -0.1) is 0 Å². The Bertz CT molecular complexity index is 1590. The summed E-state index contributed by atoms with van der Waals surface area (Å²) < 4.78 is 26.9. The lowest BCUT2D eigenvalue weighted by Gasteiger charge is -2.34. The lowest BCUT2D eigenvalue weighted by molar-refractivity contribution is -0.384. The van der Waals surface area contributed by atoms with Crippen molar-refractivity contribution in [1.82, 2.24) is 10.2 Å². The molecular weight excluding hydrogens is 615 g/mol. The summed E-state index contributed by atoms with van der Waals surface area (Å²) in [6.07, 6.45) is 1.69. The predicted molar refractivity (Wildman–Crippen MR) is 169 cm³/mol. The molecule has 2 amide bonds. The normalized spacial score (nSPS) is 12.7. The molecule has 0 radical (unpaired) electrons. The van der Waals surface area contributed by atoms with Gasteiger partial charge in [0.1, 0.15) is 12.6 Å². The standard InChI is InChI=1S/C30H34Cl2N4O6S/c1-5-21(3)33-30(38)28(15-22-9-7-6-8-10-22)34(18-23-12-13-24(31)16-26(23)32)29(37)19-35(43(4,41)42)27-17-25(36(39)40)14-11-20(27)2/h6-14,16-17,21,28H,5,15,18-19H2,1-4H3,(H,33,38)/t21-,28+/m1/s1. The average molecular weight is 650 g/mol. The van der Waals surface area contributed by atoms with Gasteiger partial charge in [0.05, 0.1) is 16.9 Å². The molecule has 0 aliphatic heterocycles. The van der Waals surface area contributed by atoms with Crippen molar-refractivity contribution in [3.63, 3.8) is 0 Å². The summed E-state index contributed by atoms with van der Waals surface area (Å²) in [5, 5.41) is 15.1. The smallest absolute Gasteiger partial charge is 0.271 e. The van der Waals surface area contributed by atoms with Gasteiger partial charge in [-0.25, -0.2) is 8.42 Å². The van der Waals surface area contributed by atoms with E-state index in [4.69, 9.17) is 23.2 Å². The van der Waals surface area contributed by atoms with E-state index in [9.17, 15) is 28.1 Å². The number of nitro benzene ring substituents is 1. The monoisotopic (exact) mass is 648 g/mol. The average Bonchev–Trinajstić information content (AvgIpc) is 2.94. The molecule has 3 aromatic rings. The first-order chi connectivity index (χ1) is 20.2. The number of carbonyl (C=O) groups excluding carboxylic acids is 2. The number of hydrogen-bond donors (Lipinski definition) is 1. The van der Waals surface area contributed by atoms with Gasteiger partial charge in [0, 0.05) is 41.2 Å². The Hall–Kier alpha value is -3.67. The van der Waals surface area contributed by atoms with Gasteiger partial charge in [-0.05, 0) is 49.1 Å². The van der Waals surface area contributed by atoms with Crippen molar-refractivity contribution >= 4 is 56.4 Å². The van der Waals surface area contributed by atoms with Crippen molar-refractivity contribution < 1.29 is 22.9 Å². The van der Waals surface area contributed by atoms with Crippen LogP contribution in [0.25, 0.3) is 0 Å². The molecule has 3 aromatic carbocycles. The lowest BCUT2D eigenvalue weighted by atomic mass is 10.0. The molecule has 0 spiro atoms. The molecule has 10 nitrogen and oxygen atoms in total. The van der Waals surface area contributed by atoms with E-state index in [0.29, 0.717) is 22.6 Å². The van der Waals surface area contributed by atoms with Gasteiger partial charge in [0.15, 0.2) is 0 Å². The largest absolute Gasteiger partial charge is 0.352 e. The van der Waals surface area contributed by atoms with Crippen molar-refractivity contribution in [3.8, 4) is 0 Å². The van der Waals surface area contributed by atoms with Gasteiger partial charge in [-0.3, -0.25) is 24.0 Å². The maximum Gasteiger partial charge on any atom is 0.271 e. The third kappa shape index (κ3) is 9.16. The third-order valence-corrected chi connectivity index (χ3v) is 8.69. The Labute approximate surface area is 261 Å². The minimum atomic E-state index is -4.11. The zero-order valence-corrected chi connectivity index (χ0v) is 26.6. The van der Waals surface area contributed by atoms with Crippen LogP contribution in [0.1, 0.15) is 37.0 Å². The van der Waals surface area contributed by atoms with Crippen LogP contribution in [0.2, 0.25) is 10.0 Å². The number of nitrogens with one attached hydrogen (secondary N) is 1. The first-order valence-corrected chi connectivity index (χ1v) is 16.1. The van der Waals surface area contributed by atoms with Crippen molar-refractivity contribution in [2.24, 2.45) is 0 Å². The van der Waals surface area contributed by atoms with Crippen LogP contribution in [0.15, 0.2) is 66.7 Å². The summed E-state index contributed by atoms with van der Waals surface area (Å²) >= 11 is 12.6. The van der Waals surface area contributed by atoms with Crippen LogP contribution in [-0.2, 0) is 32.6 Å². The number of halogens is 2. The van der Waals surface area contributed by atoms with Crippen LogP contribution in [0.4, 0.5) is 11.4 Å².